The van der Waals surface area contributed by atoms with Gasteiger partial charge in [-0.1, -0.05) is 42.0 Å². The van der Waals surface area contributed by atoms with Crippen molar-refractivity contribution >= 4 is 22.8 Å². The molecule has 2 amide bonds. The van der Waals surface area contributed by atoms with E-state index in [-0.39, 0.29) is 30.2 Å². The summed E-state index contributed by atoms with van der Waals surface area (Å²) < 4.78 is 0. The number of piperidine rings is 1. The van der Waals surface area contributed by atoms with Gasteiger partial charge in [-0.3, -0.25) is 9.59 Å². The molecule has 0 bridgehead atoms. The summed E-state index contributed by atoms with van der Waals surface area (Å²) in [4.78, 5) is 34.9. The number of benzene rings is 2. The molecule has 2 aromatic carbocycles. The number of H-pyrrole nitrogens is 1. The van der Waals surface area contributed by atoms with Crippen molar-refractivity contribution in [2.24, 2.45) is 0 Å². The highest BCUT2D eigenvalue weighted by atomic mass is 16.2. The molecule has 30 heavy (non-hydrogen) atoms. The van der Waals surface area contributed by atoms with E-state index in [4.69, 9.17) is 4.98 Å². The molecule has 2 heterocycles. The summed E-state index contributed by atoms with van der Waals surface area (Å²) >= 11 is 0. The van der Waals surface area contributed by atoms with Crippen LogP contribution in [0.15, 0.2) is 48.5 Å². The maximum Gasteiger partial charge on any atom is 0.225 e. The quantitative estimate of drug-likeness (QED) is 0.678. The number of para-hydroxylation sites is 2. The van der Waals surface area contributed by atoms with E-state index in [0.717, 1.165) is 47.4 Å². The Morgan fingerprint density at radius 3 is 2.70 bits per heavy atom. The number of aryl methyl sites for hydroxylation is 1. The lowest BCUT2D eigenvalue weighted by Gasteiger charge is -2.33. The third-order valence-corrected chi connectivity index (χ3v) is 5.80. The van der Waals surface area contributed by atoms with Crippen LogP contribution in [0.1, 0.15) is 55.1 Å². The van der Waals surface area contributed by atoms with E-state index in [1.165, 1.54) is 6.92 Å². The highest BCUT2D eigenvalue weighted by Crippen LogP contribution is 2.28. The molecule has 0 saturated carbocycles. The smallest absolute Gasteiger partial charge is 0.225 e. The minimum Gasteiger partial charge on any atom is -0.349 e. The standard InChI is InChI=1S/C24H28N4O2/c1-16-9-11-18(12-10-16)22(25-17(2)29)14-23(30)28-13-5-6-19(15-28)24-26-20-7-3-4-8-21(20)27-24/h3-4,7-12,19,22H,5-6,13-15H2,1-2H3,(H,25,29)(H,26,27)/t19-,22+/m1/s1. The zero-order valence-electron chi connectivity index (χ0n) is 17.5. The largest absolute Gasteiger partial charge is 0.349 e. The van der Waals surface area contributed by atoms with Gasteiger partial charge in [0, 0.05) is 25.9 Å². The van der Waals surface area contributed by atoms with Crippen molar-refractivity contribution in [2.75, 3.05) is 13.1 Å². The molecule has 156 valence electrons. The topological polar surface area (TPSA) is 78.1 Å². The lowest BCUT2D eigenvalue weighted by molar-refractivity contribution is -0.133. The summed E-state index contributed by atoms with van der Waals surface area (Å²) in [5, 5.41) is 2.94. The lowest BCUT2D eigenvalue weighted by atomic mass is 9.96. The molecule has 0 aliphatic carbocycles. The van der Waals surface area contributed by atoms with Crippen LogP contribution in [0.25, 0.3) is 11.0 Å². The van der Waals surface area contributed by atoms with E-state index in [2.05, 4.69) is 10.3 Å². The first kappa shape index (κ1) is 20.1. The summed E-state index contributed by atoms with van der Waals surface area (Å²) in [6.45, 7) is 4.91. The minimum atomic E-state index is -0.317. The number of carbonyl (C=O) groups excluding carboxylic acids is 2. The molecule has 6 heteroatoms. The van der Waals surface area contributed by atoms with Gasteiger partial charge in [0.25, 0.3) is 0 Å². The molecule has 0 spiro atoms. The Balaban J connectivity index is 1.47. The van der Waals surface area contributed by atoms with Gasteiger partial charge in [-0.25, -0.2) is 4.98 Å². The molecular weight excluding hydrogens is 376 g/mol. The van der Waals surface area contributed by atoms with Crippen LogP contribution in [0.2, 0.25) is 0 Å². The number of aromatic amines is 1. The van der Waals surface area contributed by atoms with Crippen molar-refractivity contribution in [1.82, 2.24) is 20.2 Å². The summed E-state index contributed by atoms with van der Waals surface area (Å²) in [6, 6.07) is 15.7. The molecule has 0 unspecified atom stereocenters. The maximum absolute atomic E-state index is 13.1. The number of aromatic nitrogens is 2. The fourth-order valence-corrected chi connectivity index (χ4v) is 4.19. The van der Waals surface area contributed by atoms with Gasteiger partial charge in [-0.05, 0) is 37.5 Å². The van der Waals surface area contributed by atoms with Gasteiger partial charge in [-0.15, -0.1) is 0 Å². The lowest BCUT2D eigenvalue weighted by Crippen LogP contribution is -2.41. The predicted octanol–water partition coefficient (Wildman–Crippen LogP) is 3.84. The van der Waals surface area contributed by atoms with Crippen LogP contribution in [-0.4, -0.2) is 39.8 Å². The fraction of sp³-hybridized carbons (Fsp3) is 0.375. The second-order valence-corrected chi connectivity index (χ2v) is 8.19. The molecule has 4 rings (SSSR count). The molecule has 3 aromatic rings. The van der Waals surface area contributed by atoms with Crippen LogP contribution in [0.5, 0.6) is 0 Å². The second-order valence-electron chi connectivity index (χ2n) is 8.19. The number of hydrogen-bond donors (Lipinski definition) is 2. The number of nitrogens with zero attached hydrogens (tertiary/aromatic N) is 2. The minimum absolute atomic E-state index is 0.0649. The third kappa shape index (κ3) is 4.53. The summed E-state index contributed by atoms with van der Waals surface area (Å²) in [6.07, 6.45) is 2.22. The maximum atomic E-state index is 13.1. The van der Waals surface area contributed by atoms with Crippen LogP contribution >= 0.6 is 0 Å². The van der Waals surface area contributed by atoms with Gasteiger partial charge in [0.2, 0.25) is 11.8 Å². The van der Waals surface area contributed by atoms with Gasteiger partial charge in [-0.2, -0.15) is 0 Å². The fourth-order valence-electron chi connectivity index (χ4n) is 4.19. The van der Waals surface area contributed by atoms with Crippen molar-refractivity contribution in [3.8, 4) is 0 Å². The van der Waals surface area contributed by atoms with Crippen LogP contribution in [0.3, 0.4) is 0 Å². The van der Waals surface area contributed by atoms with Crippen LogP contribution in [-0.2, 0) is 9.59 Å². The average molecular weight is 405 g/mol. The van der Waals surface area contributed by atoms with Crippen molar-refractivity contribution in [1.29, 1.82) is 0 Å². The van der Waals surface area contributed by atoms with Gasteiger partial charge < -0.3 is 15.2 Å². The number of carbonyl (C=O) groups is 2. The molecule has 1 aliphatic heterocycles. The summed E-state index contributed by atoms with van der Waals surface area (Å²) in [7, 11) is 0. The van der Waals surface area contributed by atoms with Gasteiger partial charge in [0.15, 0.2) is 0 Å². The number of likely N-dealkylation sites (tertiary alicyclic amines) is 1. The molecule has 1 saturated heterocycles. The molecule has 2 N–H and O–H groups in total. The van der Waals surface area contributed by atoms with Crippen LogP contribution < -0.4 is 5.32 Å². The Bertz CT molecular complexity index is 1010. The Hall–Kier alpha value is -3.15. The zero-order valence-corrected chi connectivity index (χ0v) is 17.5. The molecule has 0 radical (unpaired) electrons. The van der Waals surface area contributed by atoms with E-state index < -0.39 is 0 Å². The highest BCUT2D eigenvalue weighted by molar-refractivity contribution is 5.79. The average Bonchev–Trinajstić information content (AvgIpc) is 3.18. The number of amides is 2. The Labute approximate surface area is 176 Å². The van der Waals surface area contributed by atoms with Gasteiger partial charge in [0.1, 0.15) is 5.82 Å². The van der Waals surface area contributed by atoms with E-state index in [1.807, 2.05) is 60.4 Å². The molecule has 2 atom stereocenters. The Kier molecular flexibility index (Phi) is 5.84. The molecule has 6 nitrogen and oxygen atoms in total. The van der Waals surface area contributed by atoms with E-state index in [9.17, 15) is 9.59 Å². The molecule has 1 fully saturated rings. The van der Waals surface area contributed by atoms with Crippen molar-refractivity contribution < 1.29 is 9.59 Å². The third-order valence-electron chi connectivity index (χ3n) is 5.80. The van der Waals surface area contributed by atoms with E-state index in [0.29, 0.717) is 6.54 Å². The normalized spacial score (nSPS) is 17.7. The van der Waals surface area contributed by atoms with Crippen molar-refractivity contribution in [3.05, 3.63) is 65.5 Å². The first-order valence-corrected chi connectivity index (χ1v) is 10.6. The van der Waals surface area contributed by atoms with Gasteiger partial charge in [0.05, 0.1) is 23.5 Å². The zero-order chi connectivity index (χ0) is 21.1. The van der Waals surface area contributed by atoms with Crippen molar-refractivity contribution in [2.45, 2.75) is 45.1 Å². The van der Waals surface area contributed by atoms with Crippen LogP contribution in [0.4, 0.5) is 0 Å². The first-order valence-electron chi connectivity index (χ1n) is 10.6. The van der Waals surface area contributed by atoms with Crippen LogP contribution in [0, 0.1) is 6.92 Å². The molecule has 1 aromatic heterocycles. The number of imidazole rings is 1. The first-order chi connectivity index (χ1) is 14.5. The SMILES string of the molecule is CC(=O)N[C@@H](CC(=O)N1CCC[C@@H](c2nc3ccccc3[nH]2)C1)c1ccc(C)cc1. The molecule has 1 aliphatic rings. The Morgan fingerprint density at radius 2 is 1.97 bits per heavy atom. The second kappa shape index (κ2) is 8.69. The summed E-state index contributed by atoms with van der Waals surface area (Å²) in [5.41, 5.74) is 4.09. The summed E-state index contributed by atoms with van der Waals surface area (Å²) in [5.74, 6) is 1.08. The van der Waals surface area contributed by atoms with Gasteiger partial charge >= 0.3 is 0 Å². The van der Waals surface area contributed by atoms with Crippen molar-refractivity contribution in [3.63, 3.8) is 0 Å². The monoisotopic (exact) mass is 404 g/mol. The number of fused-ring (bicyclic) bond motifs is 1. The predicted molar refractivity (Wildman–Crippen MR) is 117 cm³/mol. The number of hydrogen-bond acceptors (Lipinski definition) is 3. The number of rotatable bonds is 5. The van der Waals surface area contributed by atoms with E-state index in [1.54, 1.807) is 0 Å². The van der Waals surface area contributed by atoms with E-state index >= 15 is 0 Å². The number of nitrogens with one attached hydrogen (secondary N) is 2. The molecular formula is C24H28N4O2. The highest BCUT2D eigenvalue weighted by Gasteiger charge is 2.28. The Morgan fingerprint density at radius 1 is 1.20 bits per heavy atom.